The minimum absolute atomic E-state index is 0.0490. The fraction of sp³-hybridized carbons (Fsp3) is 0.217. The third kappa shape index (κ3) is 4.25. The highest BCUT2D eigenvalue weighted by atomic mass is 19.4. The highest BCUT2D eigenvalue weighted by molar-refractivity contribution is 6.11. The second-order valence-corrected chi connectivity index (χ2v) is 7.24. The molecule has 2 aromatic carbocycles. The van der Waals surface area contributed by atoms with Gasteiger partial charge in [0.25, 0.3) is 5.91 Å². The molecule has 0 spiro atoms. The van der Waals surface area contributed by atoms with E-state index in [9.17, 15) is 23.1 Å². The molecular formula is C23H19F3N2O3. The van der Waals surface area contributed by atoms with Crippen LogP contribution in [0.5, 0.6) is 5.75 Å². The maximum Gasteiger partial charge on any atom is 0.422 e. The van der Waals surface area contributed by atoms with Crippen molar-refractivity contribution in [3.05, 3.63) is 77.5 Å². The Balaban J connectivity index is 1.69. The SMILES string of the molecule is CC(O)c1ccc(N2Cc3c(ccnc3-c3ccccc3OCC(F)(F)F)C2=O)cc1. The number of aliphatic hydroxyl groups excluding tert-OH is 1. The number of aliphatic hydroxyl groups is 1. The van der Waals surface area contributed by atoms with Crippen molar-refractivity contribution in [2.45, 2.75) is 25.7 Å². The van der Waals surface area contributed by atoms with Crippen LogP contribution in [-0.2, 0) is 6.54 Å². The van der Waals surface area contributed by atoms with Crippen LogP contribution in [-0.4, -0.2) is 28.8 Å². The molecule has 1 unspecified atom stereocenters. The number of fused-ring (bicyclic) bond motifs is 1. The number of carbonyl (C=O) groups excluding carboxylic acids is 1. The second kappa shape index (κ2) is 8.03. The minimum Gasteiger partial charge on any atom is -0.483 e. The summed E-state index contributed by atoms with van der Waals surface area (Å²) in [6, 6.07) is 14.9. The maximum atomic E-state index is 13.0. The van der Waals surface area contributed by atoms with Crippen LogP contribution >= 0.6 is 0 Å². The zero-order valence-electron chi connectivity index (χ0n) is 16.6. The molecule has 2 heterocycles. The lowest BCUT2D eigenvalue weighted by Crippen LogP contribution is -2.22. The van der Waals surface area contributed by atoms with Gasteiger partial charge >= 0.3 is 6.18 Å². The Kier molecular flexibility index (Phi) is 5.41. The molecule has 160 valence electrons. The molecule has 0 aliphatic carbocycles. The molecular weight excluding hydrogens is 409 g/mol. The number of ether oxygens (including phenoxy) is 1. The van der Waals surface area contributed by atoms with Gasteiger partial charge in [0.1, 0.15) is 5.75 Å². The van der Waals surface area contributed by atoms with Crippen LogP contribution in [0, 0.1) is 0 Å². The number of hydrogen-bond donors (Lipinski definition) is 1. The highest BCUT2D eigenvalue weighted by Gasteiger charge is 2.33. The van der Waals surface area contributed by atoms with Gasteiger partial charge in [-0.3, -0.25) is 9.78 Å². The van der Waals surface area contributed by atoms with E-state index in [-0.39, 0.29) is 18.2 Å². The van der Waals surface area contributed by atoms with E-state index < -0.39 is 18.9 Å². The summed E-state index contributed by atoms with van der Waals surface area (Å²) in [6.45, 7) is 0.459. The Morgan fingerprint density at radius 1 is 1.10 bits per heavy atom. The standard InChI is InChI=1S/C23H19F3N2O3/c1-14(29)15-6-8-16(9-7-15)28-12-19-17(22(28)30)10-11-27-21(19)18-4-2-3-5-20(18)31-13-23(24,25)26/h2-11,14,29H,12-13H2,1H3. The van der Waals surface area contributed by atoms with Crippen LogP contribution in [0.4, 0.5) is 18.9 Å². The van der Waals surface area contributed by atoms with Crippen LogP contribution in [0.25, 0.3) is 11.3 Å². The van der Waals surface area contributed by atoms with Gasteiger partial charge in [-0.05, 0) is 42.8 Å². The Labute approximate surface area is 176 Å². The number of benzene rings is 2. The molecule has 3 aromatic rings. The van der Waals surface area contributed by atoms with Gasteiger partial charge in [-0.2, -0.15) is 13.2 Å². The Morgan fingerprint density at radius 3 is 2.48 bits per heavy atom. The van der Waals surface area contributed by atoms with E-state index in [1.807, 2.05) is 0 Å². The first-order valence-corrected chi connectivity index (χ1v) is 9.61. The lowest BCUT2D eigenvalue weighted by molar-refractivity contribution is -0.153. The number of para-hydroxylation sites is 1. The summed E-state index contributed by atoms with van der Waals surface area (Å²) >= 11 is 0. The van der Waals surface area contributed by atoms with Crippen molar-refractivity contribution in [2.75, 3.05) is 11.5 Å². The first kappa shape index (κ1) is 20.9. The number of amides is 1. The first-order chi connectivity index (χ1) is 14.7. The van der Waals surface area contributed by atoms with Crippen molar-refractivity contribution >= 4 is 11.6 Å². The average Bonchev–Trinajstić information content (AvgIpc) is 3.09. The van der Waals surface area contributed by atoms with Crippen LogP contribution in [0.1, 0.15) is 34.5 Å². The highest BCUT2D eigenvalue weighted by Crippen LogP contribution is 2.38. The summed E-state index contributed by atoms with van der Waals surface area (Å²) in [5.74, 6) is -0.176. The van der Waals surface area contributed by atoms with Crippen molar-refractivity contribution in [3.8, 4) is 17.0 Å². The van der Waals surface area contributed by atoms with Gasteiger partial charge in [0.05, 0.1) is 18.3 Å². The number of alkyl halides is 3. The zero-order valence-corrected chi connectivity index (χ0v) is 16.6. The summed E-state index contributed by atoms with van der Waals surface area (Å²) in [6.07, 6.45) is -3.62. The van der Waals surface area contributed by atoms with Gasteiger partial charge in [-0.1, -0.05) is 24.3 Å². The fourth-order valence-electron chi connectivity index (χ4n) is 3.55. The molecule has 0 saturated heterocycles. The van der Waals surface area contributed by atoms with Crippen LogP contribution in [0.15, 0.2) is 60.8 Å². The van der Waals surface area contributed by atoms with Crippen molar-refractivity contribution < 1.29 is 27.8 Å². The molecule has 0 fully saturated rings. The van der Waals surface area contributed by atoms with Crippen molar-refractivity contribution in [3.63, 3.8) is 0 Å². The molecule has 4 rings (SSSR count). The molecule has 1 aliphatic rings. The second-order valence-electron chi connectivity index (χ2n) is 7.24. The number of anilines is 1. The van der Waals surface area contributed by atoms with Gasteiger partial charge in [-0.25, -0.2) is 0 Å². The van der Waals surface area contributed by atoms with E-state index in [2.05, 4.69) is 4.98 Å². The Bertz CT molecular complexity index is 1110. The molecule has 8 heteroatoms. The summed E-state index contributed by atoms with van der Waals surface area (Å²) in [5, 5.41) is 9.69. The molecule has 1 amide bonds. The largest absolute Gasteiger partial charge is 0.483 e. The predicted octanol–water partition coefficient (Wildman–Crippen LogP) is 4.90. The minimum atomic E-state index is -4.47. The van der Waals surface area contributed by atoms with Crippen LogP contribution in [0.2, 0.25) is 0 Å². The normalized spacial score (nSPS) is 14.5. The number of carbonyl (C=O) groups is 1. The van der Waals surface area contributed by atoms with Gasteiger partial charge in [0.15, 0.2) is 6.61 Å². The number of hydrogen-bond acceptors (Lipinski definition) is 4. The molecule has 1 N–H and O–H groups in total. The number of aromatic nitrogens is 1. The third-order valence-corrected chi connectivity index (χ3v) is 5.07. The van der Waals surface area contributed by atoms with Gasteiger partial charge < -0.3 is 14.7 Å². The molecule has 0 bridgehead atoms. The van der Waals surface area contributed by atoms with Crippen molar-refractivity contribution in [1.82, 2.24) is 4.98 Å². The van der Waals surface area contributed by atoms with Crippen LogP contribution in [0.3, 0.4) is 0 Å². The van der Waals surface area contributed by atoms with E-state index in [1.54, 1.807) is 60.4 Å². The third-order valence-electron chi connectivity index (χ3n) is 5.07. The number of nitrogens with zero attached hydrogens (tertiary/aromatic N) is 2. The monoisotopic (exact) mass is 428 g/mol. The average molecular weight is 428 g/mol. The van der Waals surface area contributed by atoms with Crippen LogP contribution < -0.4 is 9.64 Å². The fourth-order valence-corrected chi connectivity index (χ4v) is 3.55. The van der Waals surface area contributed by atoms with E-state index in [4.69, 9.17) is 4.74 Å². The predicted molar refractivity (Wildman–Crippen MR) is 109 cm³/mol. The summed E-state index contributed by atoms with van der Waals surface area (Å²) < 4.78 is 43.0. The summed E-state index contributed by atoms with van der Waals surface area (Å²) in [4.78, 5) is 18.9. The number of pyridine rings is 1. The molecule has 31 heavy (non-hydrogen) atoms. The Morgan fingerprint density at radius 2 is 1.81 bits per heavy atom. The lowest BCUT2D eigenvalue weighted by atomic mass is 10.0. The molecule has 5 nitrogen and oxygen atoms in total. The summed E-state index contributed by atoms with van der Waals surface area (Å²) in [7, 11) is 0. The van der Waals surface area contributed by atoms with E-state index >= 15 is 0 Å². The first-order valence-electron chi connectivity index (χ1n) is 9.61. The van der Waals surface area contributed by atoms with Gasteiger partial charge in [0, 0.05) is 28.6 Å². The maximum absolute atomic E-state index is 13.0. The Hall–Kier alpha value is -3.39. The summed E-state index contributed by atoms with van der Waals surface area (Å²) in [5.41, 5.74) is 3.24. The molecule has 0 radical (unpaired) electrons. The molecule has 1 aliphatic heterocycles. The van der Waals surface area contributed by atoms with E-state index in [0.29, 0.717) is 28.1 Å². The van der Waals surface area contributed by atoms with Crippen molar-refractivity contribution in [1.29, 1.82) is 0 Å². The zero-order chi connectivity index (χ0) is 22.2. The number of rotatable bonds is 5. The molecule has 0 saturated carbocycles. The molecule has 1 atom stereocenters. The lowest BCUT2D eigenvalue weighted by Gasteiger charge is -2.17. The van der Waals surface area contributed by atoms with Crippen molar-refractivity contribution in [2.24, 2.45) is 0 Å². The smallest absolute Gasteiger partial charge is 0.422 e. The van der Waals surface area contributed by atoms with Gasteiger partial charge in [0.2, 0.25) is 0 Å². The van der Waals surface area contributed by atoms with E-state index in [1.165, 1.54) is 12.3 Å². The topological polar surface area (TPSA) is 62.7 Å². The van der Waals surface area contributed by atoms with E-state index in [0.717, 1.165) is 5.56 Å². The molecule has 1 aromatic heterocycles. The quantitative estimate of drug-likeness (QED) is 0.628. The van der Waals surface area contributed by atoms with Gasteiger partial charge in [-0.15, -0.1) is 0 Å². The number of halogens is 3.